The number of alkyl halides is 2. The maximum atomic E-state index is 13.5. The Hall–Kier alpha value is -2.15. The number of halogens is 2. The third-order valence-electron chi connectivity index (χ3n) is 3.63. The van der Waals surface area contributed by atoms with Crippen molar-refractivity contribution in [2.24, 2.45) is 11.7 Å². The topological polar surface area (TPSA) is 73.9 Å². The number of nitrogens with zero attached hydrogens (tertiary/aromatic N) is 3. The molecule has 0 aliphatic carbocycles. The minimum atomic E-state index is -2.69. The predicted molar refractivity (Wildman–Crippen MR) is 92.5 cm³/mol. The van der Waals surface area contributed by atoms with Crippen molar-refractivity contribution in [3.63, 3.8) is 0 Å². The van der Waals surface area contributed by atoms with E-state index in [0.717, 1.165) is 12.1 Å². The predicted octanol–water partition coefficient (Wildman–Crippen LogP) is 3.93. The molecule has 2 N–H and O–H groups in total. The first kappa shape index (κ1) is 19.2. The van der Waals surface area contributed by atoms with Gasteiger partial charge in [-0.1, -0.05) is 13.8 Å². The van der Waals surface area contributed by atoms with E-state index in [0.29, 0.717) is 17.3 Å². The summed E-state index contributed by atoms with van der Waals surface area (Å²) in [6.45, 7) is 7.89. The number of hydrogen-bond donors (Lipinski definition) is 1. The van der Waals surface area contributed by atoms with Gasteiger partial charge in [-0.15, -0.1) is 0 Å². The van der Waals surface area contributed by atoms with Crippen molar-refractivity contribution in [3.8, 4) is 17.1 Å². The van der Waals surface area contributed by atoms with Gasteiger partial charge >= 0.3 is 0 Å². The van der Waals surface area contributed by atoms with Crippen molar-refractivity contribution < 1.29 is 13.5 Å². The van der Waals surface area contributed by atoms with Crippen molar-refractivity contribution >= 4 is 0 Å². The van der Waals surface area contributed by atoms with E-state index in [1.165, 1.54) is 18.6 Å². The molecule has 0 spiro atoms. The quantitative estimate of drug-likeness (QED) is 0.819. The number of nitrogens with two attached hydrogens (primary N) is 1. The summed E-state index contributed by atoms with van der Waals surface area (Å²) in [6, 6.07) is 3.00. The summed E-state index contributed by atoms with van der Waals surface area (Å²) in [5, 5.41) is 0. The minimum Gasteiger partial charge on any atom is -0.490 e. The summed E-state index contributed by atoms with van der Waals surface area (Å²) in [5.74, 6) is 0.430. The van der Waals surface area contributed by atoms with Gasteiger partial charge in [0, 0.05) is 11.2 Å². The molecule has 1 unspecified atom stereocenters. The summed E-state index contributed by atoms with van der Waals surface area (Å²) in [4.78, 5) is 12.3. The van der Waals surface area contributed by atoms with Crippen LogP contribution in [0, 0.1) is 12.8 Å². The molecule has 2 aromatic rings. The summed E-state index contributed by atoms with van der Waals surface area (Å²) < 4.78 is 32.5. The Morgan fingerprint density at radius 3 is 2.44 bits per heavy atom. The average Bonchev–Trinajstić information content (AvgIpc) is 2.51. The summed E-state index contributed by atoms with van der Waals surface area (Å²) >= 11 is 0. The van der Waals surface area contributed by atoms with Gasteiger partial charge in [-0.05, 0) is 38.3 Å². The molecule has 2 aromatic heterocycles. The largest absolute Gasteiger partial charge is 0.490 e. The number of hydrogen-bond acceptors (Lipinski definition) is 5. The van der Waals surface area contributed by atoms with Crippen LogP contribution in [0.15, 0.2) is 24.7 Å². The smallest absolute Gasteiger partial charge is 0.267 e. The number of aromatic nitrogens is 3. The third-order valence-corrected chi connectivity index (χ3v) is 3.63. The highest BCUT2D eigenvalue weighted by Crippen LogP contribution is 2.32. The molecule has 0 bridgehead atoms. The van der Waals surface area contributed by atoms with Crippen molar-refractivity contribution in [2.45, 2.75) is 46.1 Å². The molecule has 2 heterocycles. The Balaban J connectivity index is 2.25. The summed E-state index contributed by atoms with van der Waals surface area (Å²) in [7, 11) is 0. The van der Waals surface area contributed by atoms with E-state index in [-0.39, 0.29) is 17.9 Å². The Bertz CT molecular complexity index is 720. The van der Waals surface area contributed by atoms with Crippen LogP contribution in [0.2, 0.25) is 0 Å². The van der Waals surface area contributed by atoms with Crippen LogP contribution in [-0.2, 0) is 0 Å². The Labute approximate surface area is 146 Å². The first-order chi connectivity index (χ1) is 11.7. The van der Waals surface area contributed by atoms with Crippen LogP contribution in [0.4, 0.5) is 8.78 Å². The van der Waals surface area contributed by atoms with Crippen molar-refractivity contribution in [1.29, 1.82) is 0 Å². The monoisotopic (exact) mass is 350 g/mol. The van der Waals surface area contributed by atoms with E-state index < -0.39 is 12.0 Å². The first-order valence-corrected chi connectivity index (χ1v) is 8.17. The minimum absolute atomic E-state index is 0.0463. The van der Waals surface area contributed by atoms with E-state index in [2.05, 4.69) is 28.8 Å². The second-order valence-electron chi connectivity index (χ2n) is 6.99. The van der Waals surface area contributed by atoms with Crippen LogP contribution in [0.3, 0.4) is 0 Å². The van der Waals surface area contributed by atoms with Gasteiger partial charge in [0.15, 0.2) is 0 Å². The van der Waals surface area contributed by atoms with Crippen molar-refractivity contribution in [3.05, 3.63) is 35.9 Å². The molecule has 0 aliphatic heterocycles. The molecule has 5 nitrogen and oxygen atoms in total. The fourth-order valence-corrected chi connectivity index (χ4v) is 2.72. The van der Waals surface area contributed by atoms with Gasteiger partial charge in [0.25, 0.3) is 6.43 Å². The van der Waals surface area contributed by atoms with Crippen LogP contribution in [0.1, 0.15) is 44.9 Å². The molecule has 136 valence electrons. The SMILES string of the molecule is Cc1cc(-c2cc(C(F)F)c(OCC(C)(N)CC(C)C)cn2)ncn1. The Morgan fingerprint density at radius 1 is 1.16 bits per heavy atom. The van der Waals surface area contributed by atoms with Gasteiger partial charge < -0.3 is 10.5 Å². The second kappa shape index (κ2) is 7.82. The van der Waals surface area contributed by atoms with E-state index in [1.807, 2.05) is 6.92 Å². The maximum absolute atomic E-state index is 13.5. The molecule has 0 radical (unpaired) electrons. The highest BCUT2D eigenvalue weighted by Gasteiger charge is 2.23. The first-order valence-electron chi connectivity index (χ1n) is 8.17. The zero-order chi connectivity index (χ0) is 18.6. The zero-order valence-corrected chi connectivity index (χ0v) is 15.0. The van der Waals surface area contributed by atoms with Crippen LogP contribution >= 0.6 is 0 Å². The van der Waals surface area contributed by atoms with E-state index in [4.69, 9.17) is 10.5 Å². The number of aryl methyl sites for hydroxylation is 1. The maximum Gasteiger partial charge on any atom is 0.267 e. The molecule has 0 aliphatic rings. The molecular formula is C18H24F2N4O. The van der Waals surface area contributed by atoms with Gasteiger partial charge in [0.1, 0.15) is 18.7 Å². The highest BCUT2D eigenvalue weighted by atomic mass is 19.3. The summed E-state index contributed by atoms with van der Waals surface area (Å²) in [5.41, 5.74) is 6.93. The van der Waals surface area contributed by atoms with Crippen LogP contribution in [-0.4, -0.2) is 27.1 Å². The molecular weight excluding hydrogens is 326 g/mol. The van der Waals surface area contributed by atoms with Gasteiger partial charge in [-0.2, -0.15) is 0 Å². The number of ether oxygens (including phenoxy) is 1. The number of pyridine rings is 1. The summed E-state index contributed by atoms with van der Waals surface area (Å²) in [6.07, 6.45) is 0.723. The van der Waals surface area contributed by atoms with Gasteiger partial charge in [0.05, 0.1) is 23.1 Å². The van der Waals surface area contributed by atoms with Gasteiger partial charge in [-0.3, -0.25) is 4.98 Å². The molecule has 25 heavy (non-hydrogen) atoms. The van der Waals surface area contributed by atoms with Crippen LogP contribution < -0.4 is 10.5 Å². The molecule has 2 rings (SSSR count). The Morgan fingerprint density at radius 2 is 1.84 bits per heavy atom. The normalized spacial score (nSPS) is 14.0. The van der Waals surface area contributed by atoms with Crippen molar-refractivity contribution in [2.75, 3.05) is 6.61 Å². The van der Waals surface area contributed by atoms with E-state index >= 15 is 0 Å². The van der Waals surface area contributed by atoms with Crippen molar-refractivity contribution in [1.82, 2.24) is 15.0 Å². The van der Waals surface area contributed by atoms with Gasteiger partial charge in [-0.25, -0.2) is 18.7 Å². The molecule has 1 atom stereocenters. The average molecular weight is 350 g/mol. The lowest BCUT2D eigenvalue weighted by molar-refractivity contribution is 0.139. The van der Waals surface area contributed by atoms with E-state index in [9.17, 15) is 8.78 Å². The molecule has 0 saturated heterocycles. The number of rotatable bonds is 7. The fourth-order valence-electron chi connectivity index (χ4n) is 2.72. The lowest BCUT2D eigenvalue weighted by Gasteiger charge is -2.27. The molecule has 7 heteroatoms. The lowest BCUT2D eigenvalue weighted by atomic mass is 9.93. The highest BCUT2D eigenvalue weighted by molar-refractivity contribution is 5.57. The molecule has 0 saturated carbocycles. The Kier molecular flexibility index (Phi) is 6.00. The second-order valence-corrected chi connectivity index (χ2v) is 6.99. The molecule has 0 aromatic carbocycles. The molecule has 0 fully saturated rings. The molecule has 0 amide bonds. The van der Waals surface area contributed by atoms with Crippen LogP contribution in [0.5, 0.6) is 5.75 Å². The zero-order valence-electron chi connectivity index (χ0n) is 15.0. The van der Waals surface area contributed by atoms with Gasteiger partial charge in [0.2, 0.25) is 0 Å². The fraction of sp³-hybridized carbons (Fsp3) is 0.500. The van der Waals surface area contributed by atoms with E-state index in [1.54, 1.807) is 13.0 Å². The third kappa shape index (κ3) is 5.42. The standard InChI is InChI=1S/C18H24F2N4O/c1-11(2)7-18(4,21)9-25-16-8-22-15(6-13(16)17(19)20)14-5-12(3)23-10-24-14/h5-6,8,10-11,17H,7,9,21H2,1-4H3. The van der Waals surface area contributed by atoms with Crippen LogP contribution in [0.25, 0.3) is 11.4 Å². The lowest BCUT2D eigenvalue weighted by Crippen LogP contribution is -2.43.